The van der Waals surface area contributed by atoms with Crippen LogP contribution in [0, 0.1) is 11.8 Å². The number of aliphatic hydroxyl groups is 1. The van der Waals surface area contributed by atoms with E-state index in [1.54, 1.807) is 0 Å². The van der Waals surface area contributed by atoms with Crippen LogP contribution in [0.3, 0.4) is 0 Å². The van der Waals surface area contributed by atoms with Gasteiger partial charge in [0.1, 0.15) is 0 Å². The van der Waals surface area contributed by atoms with Crippen LogP contribution in [0.2, 0.25) is 0 Å². The van der Waals surface area contributed by atoms with Crippen LogP contribution in [0.1, 0.15) is 52.9 Å². The molecule has 0 heterocycles. The molecule has 90 valence electrons. The van der Waals surface area contributed by atoms with Crippen molar-refractivity contribution in [1.29, 1.82) is 0 Å². The zero-order chi connectivity index (χ0) is 11.3. The van der Waals surface area contributed by atoms with Crippen molar-refractivity contribution in [2.24, 2.45) is 11.8 Å². The minimum atomic E-state index is -0.231. The molecule has 3 atom stereocenters. The smallest absolute Gasteiger partial charge is 0.0636 e. The van der Waals surface area contributed by atoms with Gasteiger partial charge in [0.05, 0.1) is 6.10 Å². The van der Waals surface area contributed by atoms with E-state index in [0.29, 0.717) is 6.04 Å². The average molecular weight is 213 g/mol. The quantitative estimate of drug-likeness (QED) is 0.735. The fourth-order valence-corrected chi connectivity index (χ4v) is 2.61. The van der Waals surface area contributed by atoms with E-state index in [1.807, 2.05) is 6.92 Å². The molecule has 2 nitrogen and oxygen atoms in total. The Morgan fingerprint density at radius 2 is 1.73 bits per heavy atom. The molecule has 2 unspecified atom stereocenters. The molecule has 0 radical (unpaired) electrons. The molecule has 0 aliphatic heterocycles. The number of rotatable bonds is 5. The van der Waals surface area contributed by atoms with Crippen LogP contribution in [-0.2, 0) is 0 Å². The largest absolute Gasteiger partial charge is 0.392 e. The summed E-state index contributed by atoms with van der Waals surface area (Å²) >= 11 is 0. The highest BCUT2D eigenvalue weighted by atomic mass is 16.3. The van der Waals surface area contributed by atoms with Crippen LogP contribution in [0.4, 0.5) is 0 Å². The van der Waals surface area contributed by atoms with Crippen molar-refractivity contribution in [3.8, 4) is 0 Å². The van der Waals surface area contributed by atoms with Gasteiger partial charge in [-0.25, -0.2) is 0 Å². The van der Waals surface area contributed by atoms with Gasteiger partial charge in [0.15, 0.2) is 0 Å². The first kappa shape index (κ1) is 13.0. The van der Waals surface area contributed by atoms with Gasteiger partial charge in [-0.1, -0.05) is 39.0 Å². The second-order valence-corrected chi connectivity index (χ2v) is 5.30. The molecule has 1 aliphatic carbocycles. The molecular weight excluding hydrogens is 186 g/mol. The first-order valence-electron chi connectivity index (χ1n) is 6.52. The third kappa shape index (κ3) is 4.52. The van der Waals surface area contributed by atoms with E-state index >= 15 is 0 Å². The van der Waals surface area contributed by atoms with E-state index < -0.39 is 0 Å². The van der Waals surface area contributed by atoms with Crippen LogP contribution in [0.25, 0.3) is 0 Å². The van der Waals surface area contributed by atoms with E-state index in [0.717, 1.165) is 18.4 Å². The van der Waals surface area contributed by atoms with Crippen molar-refractivity contribution < 1.29 is 5.11 Å². The molecule has 2 heteroatoms. The van der Waals surface area contributed by atoms with Crippen LogP contribution in [0.5, 0.6) is 0 Å². The number of hydrogen-bond donors (Lipinski definition) is 2. The molecule has 1 saturated carbocycles. The highest BCUT2D eigenvalue weighted by Crippen LogP contribution is 2.31. The SMILES string of the molecule is CC(NC[C@@H](C)O)C(C)C1CCCCC1. The molecule has 1 rings (SSSR count). The van der Waals surface area contributed by atoms with Gasteiger partial charge in [-0.15, -0.1) is 0 Å². The van der Waals surface area contributed by atoms with Gasteiger partial charge in [0.2, 0.25) is 0 Å². The van der Waals surface area contributed by atoms with Crippen LogP contribution >= 0.6 is 0 Å². The summed E-state index contributed by atoms with van der Waals surface area (Å²) in [6.07, 6.45) is 6.84. The lowest BCUT2D eigenvalue weighted by Crippen LogP contribution is -2.39. The molecule has 0 aromatic heterocycles. The van der Waals surface area contributed by atoms with Gasteiger partial charge in [-0.05, 0) is 25.7 Å². The molecule has 0 bridgehead atoms. The van der Waals surface area contributed by atoms with Crippen LogP contribution in [-0.4, -0.2) is 23.8 Å². The third-order valence-electron chi connectivity index (χ3n) is 3.92. The van der Waals surface area contributed by atoms with Crippen LogP contribution in [0.15, 0.2) is 0 Å². The number of aliphatic hydroxyl groups excluding tert-OH is 1. The Morgan fingerprint density at radius 1 is 1.13 bits per heavy atom. The van der Waals surface area contributed by atoms with Gasteiger partial charge >= 0.3 is 0 Å². The lowest BCUT2D eigenvalue weighted by Gasteiger charge is -2.32. The fourth-order valence-electron chi connectivity index (χ4n) is 2.61. The summed E-state index contributed by atoms with van der Waals surface area (Å²) in [6, 6.07) is 0.530. The summed E-state index contributed by atoms with van der Waals surface area (Å²) in [7, 11) is 0. The Morgan fingerprint density at radius 3 is 2.27 bits per heavy atom. The Labute approximate surface area is 94.5 Å². The summed E-state index contributed by atoms with van der Waals surface area (Å²) in [5, 5.41) is 12.7. The molecule has 0 saturated heterocycles. The van der Waals surface area contributed by atoms with Crippen molar-refractivity contribution in [1.82, 2.24) is 5.32 Å². The predicted molar refractivity (Wildman–Crippen MR) is 64.9 cm³/mol. The Hall–Kier alpha value is -0.0800. The summed E-state index contributed by atoms with van der Waals surface area (Å²) in [5.41, 5.74) is 0. The Bertz CT molecular complexity index is 164. The maximum Gasteiger partial charge on any atom is 0.0636 e. The normalized spacial score (nSPS) is 24.8. The standard InChI is InChI=1S/C13H27NO/c1-10(15)9-14-12(3)11(2)13-7-5-4-6-8-13/h10-15H,4-9H2,1-3H3/t10-,11?,12?/m1/s1. The van der Waals surface area contributed by atoms with Crippen molar-refractivity contribution in [3.63, 3.8) is 0 Å². The molecule has 1 fully saturated rings. The topological polar surface area (TPSA) is 32.3 Å². The van der Waals surface area contributed by atoms with Gasteiger partial charge < -0.3 is 10.4 Å². The maximum absolute atomic E-state index is 9.23. The Kier molecular flexibility index (Phi) is 5.62. The lowest BCUT2D eigenvalue weighted by molar-refractivity contribution is 0.167. The molecule has 2 N–H and O–H groups in total. The molecule has 0 aromatic carbocycles. The average Bonchev–Trinajstić information content (AvgIpc) is 2.26. The molecule has 15 heavy (non-hydrogen) atoms. The fraction of sp³-hybridized carbons (Fsp3) is 1.00. The van der Waals surface area contributed by atoms with Crippen LogP contribution < -0.4 is 5.32 Å². The van der Waals surface area contributed by atoms with Crippen molar-refractivity contribution >= 4 is 0 Å². The van der Waals surface area contributed by atoms with Crippen molar-refractivity contribution in [2.45, 2.75) is 65.0 Å². The number of hydrogen-bond acceptors (Lipinski definition) is 2. The summed E-state index contributed by atoms with van der Waals surface area (Å²) < 4.78 is 0. The first-order chi connectivity index (χ1) is 7.11. The molecule has 0 spiro atoms. The van der Waals surface area contributed by atoms with Crippen molar-refractivity contribution in [3.05, 3.63) is 0 Å². The van der Waals surface area contributed by atoms with E-state index in [4.69, 9.17) is 0 Å². The minimum Gasteiger partial charge on any atom is -0.392 e. The predicted octanol–water partition coefficient (Wildman–Crippen LogP) is 2.56. The molecule has 0 amide bonds. The zero-order valence-corrected chi connectivity index (χ0v) is 10.5. The second kappa shape index (κ2) is 6.49. The highest BCUT2D eigenvalue weighted by molar-refractivity contribution is 4.78. The lowest BCUT2D eigenvalue weighted by atomic mass is 9.78. The van der Waals surface area contributed by atoms with E-state index in [2.05, 4.69) is 19.2 Å². The van der Waals surface area contributed by atoms with E-state index in [9.17, 15) is 5.11 Å². The van der Waals surface area contributed by atoms with Gasteiger partial charge in [0, 0.05) is 12.6 Å². The maximum atomic E-state index is 9.23. The van der Waals surface area contributed by atoms with Gasteiger partial charge in [-0.2, -0.15) is 0 Å². The zero-order valence-electron chi connectivity index (χ0n) is 10.5. The first-order valence-corrected chi connectivity index (χ1v) is 6.52. The van der Waals surface area contributed by atoms with Gasteiger partial charge in [-0.3, -0.25) is 0 Å². The van der Waals surface area contributed by atoms with Gasteiger partial charge in [0.25, 0.3) is 0 Å². The second-order valence-electron chi connectivity index (χ2n) is 5.30. The molecular formula is C13H27NO. The Balaban J connectivity index is 2.27. The van der Waals surface area contributed by atoms with E-state index in [1.165, 1.54) is 32.1 Å². The monoisotopic (exact) mass is 213 g/mol. The summed E-state index contributed by atoms with van der Waals surface area (Å²) in [6.45, 7) is 7.17. The molecule has 1 aliphatic rings. The van der Waals surface area contributed by atoms with Crippen molar-refractivity contribution in [2.75, 3.05) is 6.54 Å². The summed E-state index contributed by atoms with van der Waals surface area (Å²) in [4.78, 5) is 0. The minimum absolute atomic E-state index is 0.231. The highest BCUT2D eigenvalue weighted by Gasteiger charge is 2.24. The van der Waals surface area contributed by atoms with E-state index in [-0.39, 0.29) is 6.10 Å². The third-order valence-corrected chi connectivity index (χ3v) is 3.92. The molecule has 0 aromatic rings. The summed E-state index contributed by atoms with van der Waals surface area (Å²) in [5.74, 6) is 1.64. The number of nitrogens with one attached hydrogen (secondary N) is 1.